The average Bonchev–Trinajstić information content (AvgIpc) is 2.49. The van der Waals surface area contributed by atoms with Gasteiger partial charge in [0.05, 0.1) is 0 Å². The van der Waals surface area contributed by atoms with Crippen molar-refractivity contribution in [2.75, 3.05) is 19.6 Å². The van der Waals surface area contributed by atoms with Crippen LogP contribution in [0.1, 0.15) is 17.2 Å². The lowest BCUT2D eigenvalue weighted by atomic mass is 10.0. The molecule has 0 amide bonds. The maximum atomic E-state index is 9.62. The molecule has 1 heterocycles. The summed E-state index contributed by atoms with van der Waals surface area (Å²) in [6.07, 6.45) is 0. The predicted molar refractivity (Wildman–Crippen MR) is 85.6 cm³/mol. The normalized spacial score (nSPS) is 19.6. The van der Waals surface area contributed by atoms with Gasteiger partial charge < -0.3 is 10.4 Å². The zero-order chi connectivity index (χ0) is 14.7. The van der Waals surface area contributed by atoms with Crippen molar-refractivity contribution in [1.82, 2.24) is 10.2 Å². The molecule has 0 saturated carbocycles. The van der Waals surface area contributed by atoms with Crippen LogP contribution in [0.4, 0.5) is 0 Å². The lowest BCUT2D eigenvalue weighted by Gasteiger charge is -2.37. The van der Waals surface area contributed by atoms with E-state index in [2.05, 4.69) is 16.3 Å². The predicted octanol–water partition coefficient (Wildman–Crippen LogP) is 3.19. The van der Waals surface area contributed by atoms with Gasteiger partial charge in [0, 0.05) is 37.2 Å². The zero-order valence-electron chi connectivity index (χ0n) is 11.8. The molecular formula is C17H19ClN2O. The number of nitrogens with one attached hydrogen (secondary N) is 1. The van der Waals surface area contributed by atoms with Gasteiger partial charge in [0.25, 0.3) is 0 Å². The summed E-state index contributed by atoms with van der Waals surface area (Å²) in [5.41, 5.74) is 2.28. The first-order valence-electron chi connectivity index (χ1n) is 7.21. The van der Waals surface area contributed by atoms with Gasteiger partial charge in [-0.05, 0) is 29.3 Å². The van der Waals surface area contributed by atoms with Crippen LogP contribution in [0.2, 0.25) is 5.02 Å². The second-order valence-electron chi connectivity index (χ2n) is 5.38. The van der Waals surface area contributed by atoms with Crippen LogP contribution in [-0.2, 0) is 6.54 Å². The van der Waals surface area contributed by atoms with E-state index in [9.17, 15) is 5.11 Å². The zero-order valence-corrected chi connectivity index (χ0v) is 12.6. The summed E-state index contributed by atoms with van der Waals surface area (Å²) >= 11 is 6.36. The van der Waals surface area contributed by atoms with Gasteiger partial charge in [0.1, 0.15) is 5.75 Å². The van der Waals surface area contributed by atoms with E-state index in [0.29, 0.717) is 5.75 Å². The van der Waals surface area contributed by atoms with Crippen molar-refractivity contribution < 1.29 is 5.11 Å². The summed E-state index contributed by atoms with van der Waals surface area (Å²) < 4.78 is 0. The second-order valence-corrected chi connectivity index (χ2v) is 5.79. The fraction of sp³-hybridized carbons (Fsp3) is 0.294. The van der Waals surface area contributed by atoms with E-state index in [-0.39, 0.29) is 6.04 Å². The third kappa shape index (κ3) is 3.38. The van der Waals surface area contributed by atoms with Crippen LogP contribution >= 0.6 is 11.6 Å². The first-order valence-corrected chi connectivity index (χ1v) is 7.59. The molecule has 1 saturated heterocycles. The minimum atomic E-state index is 0.259. The van der Waals surface area contributed by atoms with E-state index in [0.717, 1.165) is 42.3 Å². The topological polar surface area (TPSA) is 35.5 Å². The number of halogens is 1. The van der Waals surface area contributed by atoms with Gasteiger partial charge in [-0.15, -0.1) is 0 Å². The molecule has 0 aromatic heterocycles. The summed E-state index contributed by atoms with van der Waals surface area (Å²) in [4.78, 5) is 2.41. The van der Waals surface area contributed by atoms with Crippen molar-refractivity contribution in [3.05, 3.63) is 64.7 Å². The largest absolute Gasteiger partial charge is 0.508 e. The minimum Gasteiger partial charge on any atom is -0.508 e. The number of benzene rings is 2. The smallest absolute Gasteiger partial charge is 0.115 e. The highest BCUT2D eigenvalue weighted by molar-refractivity contribution is 6.31. The fourth-order valence-electron chi connectivity index (χ4n) is 2.88. The molecule has 110 valence electrons. The number of phenolic OH excluding ortho intramolecular Hbond substituents is 1. The van der Waals surface area contributed by atoms with Gasteiger partial charge in [-0.3, -0.25) is 4.90 Å². The van der Waals surface area contributed by atoms with Crippen LogP contribution in [0.5, 0.6) is 5.75 Å². The molecule has 1 unspecified atom stereocenters. The number of phenols is 1. The van der Waals surface area contributed by atoms with E-state index >= 15 is 0 Å². The average molecular weight is 303 g/mol. The highest BCUT2D eigenvalue weighted by atomic mass is 35.5. The molecule has 2 N–H and O–H groups in total. The quantitative estimate of drug-likeness (QED) is 0.914. The lowest BCUT2D eigenvalue weighted by Crippen LogP contribution is -2.45. The van der Waals surface area contributed by atoms with Crippen LogP contribution in [0.25, 0.3) is 0 Å². The Morgan fingerprint density at radius 3 is 2.86 bits per heavy atom. The molecule has 2 aromatic carbocycles. The monoisotopic (exact) mass is 302 g/mol. The van der Waals surface area contributed by atoms with E-state index in [4.69, 9.17) is 11.6 Å². The summed E-state index contributed by atoms with van der Waals surface area (Å²) in [5.74, 6) is 0.317. The third-order valence-corrected chi connectivity index (χ3v) is 4.26. The molecule has 0 spiro atoms. The van der Waals surface area contributed by atoms with Crippen molar-refractivity contribution in [3.8, 4) is 5.75 Å². The van der Waals surface area contributed by atoms with Crippen LogP contribution in [-0.4, -0.2) is 29.6 Å². The number of hydrogen-bond acceptors (Lipinski definition) is 3. The maximum absolute atomic E-state index is 9.62. The molecule has 3 rings (SSSR count). The SMILES string of the molecule is Oc1cccc(CN2CCNCC2c2ccccc2Cl)c1. The summed E-state index contributed by atoms with van der Waals surface area (Å²) in [5, 5.41) is 13.9. The Kier molecular flexibility index (Phi) is 4.44. The Morgan fingerprint density at radius 1 is 1.19 bits per heavy atom. The van der Waals surface area contributed by atoms with Crippen LogP contribution in [0, 0.1) is 0 Å². The Hall–Kier alpha value is -1.55. The maximum Gasteiger partial charge on any atom is 0.115 e. The van der Waals surface area contributed by atoms with E-state index < -0.39 is 0 Å². The number of nitrogens with zero attached hydrogens (tertiary/aromatic N) is 1. The van der Waals surface area contributed by atoms with Crippen molar-refractivity contribution >= 4 is 11.6 Å². The Bertz CT molecular complexity index is 617. The molecular weight excluding hydrogens is 284 g/mol. The number of rotatable bonds is 3. The Labute approximate surface area is 130 Å². The van der Waals surface area contributed by atoms with Gasteiger partial charge in [-0.1, -0.05) is 41.9 Å². The molecule has 0 aliphatic carbocycles. The van der Waals surface area contributed by atoms with E-state index in [1.807, 2.05) is 36.4 Å². The summed E-state index contributed by atoms with van der Waals surface area (Å²) in [7, 11) is 0. The molecule has 1 aliphatic heterocycles. The van der Waals surface area contributed by atoms with Gasteiger partial charge in [0.2, 0.25) is 0 Å². The van der Waals surface area contributed by atoms with Crippen LogP contribution < -0.4 is 5.32 Å². The Morgan fingerprint density at radius 2 is 2.05 bits per heavy atom. The van der Waals surface area contributed by atoms with Crippen molar-refractivity contribution in [2.45, 2.75) is 12.6 Å². The third-order valence-electron chi connectivity index (χ3n) is 3.91. The fourth-order valence-corrected chi connectivity index (χ4v) is 3.14. The van der Waals surface area contributed by atoms with Gasteiger partial charge in [-0.2, -0.15) is 0 Å². The minimum absolute atomic E-state index is 0.259. The molecule has 21 heavy (non-hydrogen) atoms. The molecule has 0 bridgehead atoms. The summed E-state index contributed by atoms with van der Waals surface area (Å²) in [6, 6.07) is 15.7. The Balaban J connectivity index is 1.83. The van der Waals surface area contributed by atoms with Crippen molar-refractivity contribution in [1.29, 1.82) is 0 Å². The molecule has 4 heteroatoms. The molecule has 1 fully saturated rings. The van der Waals surface area contributed by atoms with Crippen LogP contribution in [0.3, 0.4) is 0 Å². The number of piperazine rings is 1. The van der Waals surface area contributed by atoms with Gasteiger partial charge in [-0.25, -0.2) is 0 Å². The van der Waals surface area contributed by atoms with E-state index in [1.54, 1.807) is 6.07 Å². The molecule has 1 atom stereocenters. The lowest BCUT2D eigenvalue weighted by molar-refractivity contribution is 0.153. The van der Waals surface area contributed by atoms with E-state index in [1.165, 1.54) is 0 Å². The second kappa shape index (κ2) is 6.48. The highest BCUT2D eigenvalue weighted by Gasteiger charge is 2.25. The molecule has 2 aromatic rings. The number of aromatic hydroxyl groups is 1. The number of hydrogen-bond donors (Lipinski definition) is 2. The first-order chi connectivity index (χ1) is 10.2. The highest BCUT2D eigenvalue weighted by Crippen LogP contribution is 2.29. The molecule has 0 radical (unpaired) electrons. The summed E-state index contributed by atoms with van der Waals surface area (Å²) in [6.45, 7) is 3.64. The van der Waals surface area contributed by atoms with Gasteiger partial charge in [0.15, 0.2) is 0 Å². The molecule has 1 aliphatic rings. The van der Waals surface area contributed by atoms with Crippen molar-refractivity contribution in [3.63, 3.8) is 0 Å². The van der Waals surface area contributed by atoms with Gasteiger partial charge >= 0.3 is 0 Å². The molecule has 3 nitrogen and oxygen atoms in total. The van der Waals surface area contributed by atoms with Crippen LogP contribution in [0.15, 0.2) is 48.5 Å². The standard InChI is InChI=1S/C17H19ClN2O/c18-16-7-2-1-6-15(16)17-11-19-8-9-20(17)12-13-4-3-5-14(21)10-13/h1-7,10,17,19,21H,8-9,11-12H2. The van der Waals surface area contributed by atoms with Crippen molar-refractivity contribution in [2.24, 2.45) is 0 Å². The first kappa shape index (κ1) is 14.4.